The van der Waals surface area contributed by atoms with Gasteiger partial charge in [-0.25, -0.2) is 9.78 Å². The Morgan fingerprint density at radius 3 is 2.61 bits per heavy atom. The lowest BCUT2D eigenvalue weighted by Crippen LogP contribution is -2.49. The summed E-state index contributed by atoms with van der Waals surface area (Å²) in [5, 5.41) is 19.6. The van der Waals surface area contributed by atoms with Crippen LogP contribution in [0, 0.1) is 11.3 Å². The van der Waals surface area contributed by atoms with Crippen molar-refractivity contribution in [1.29, 1.82) is 5.26 Å². The van der Waals surface area contributed by atoms with Gasteiger partial charge in [0, 0.05) is 57.4 Å². The molecule has 2 saturated heterocycles. The van der Waals surface area contributed by atoms with Gasteiger partial charge in [0.05, 0.1) is 11.4 Å². The Hall–Kier alpha value is -3.35. The van der Waals surface area contributed by atoms with Gasteiger partial charge < -0.3 is 24.5 Å². The fraction of sp³-hybridized carbons (Fsp3) is 0.519. The van der Waals surface area contributed by atoms with Crippen LogP contribution in [0.25, 0.3) is 0 Å². The Bertz CT molecular complexity index is 1130. The molecule has 3 aliphatic rings. The molecule has 0 spiro atoms. The predicted octanol–water partition coefficient (Wildman–Crippen LogP) is 2.78. The molecule has 190 valence electrons. The van der Waals surface area contributed by atoms with Crippen molar-refractivity contribution in [2.45, 2.75) is 38.4 Å². The first-order valence-corrected chi connectivity index (χ1v) is 12.8. The molecule has 0 saturated carbocycles. The lowest BCUT2D eigenvalue weighted by atomic mass is 9.98. The van der Waals surface area contributed by atoms with Crippen molar-refractivity contribution < 1.29 is 14.6 Å². The highest BCUT2D eigenvalue weighted by molar-refractivity contribution is 5.71. The largest absolute Gasteiger partial charge is 0.475 e. The average Bonchev–Trinajstić information content (AvgIpc) is 3.31. The van der Waals surface area contributed by atoms with E-state index < -0.39 is 6.09 Å². The zero-order chi connectivity index (χ0) is 25.1. The first kappa shape index (κ1) is 24.3. The number of benzene rings is 1. The second kappa shape index (κ2) is 10.7. The molecule has 1 aromatic heterocycles. The molecule has 1 unspecified atom stereocenters. The van der Waals surface area contributed by atoms with E-state index in [0.29, 0.717) is 56.8 Å². The maximum Gasteiger partial charge on any atom is 0.407 e. The summed E-state index contributed by atoms with van der Waals surface area (Å²) in [4.78, 5) is 24.7. The van der Waals surface area contributed by atoms with Gasteiger partial charge in [0.2, 0.25) is 5.88 Å². The van der Waals surface area contributed by atoms with Crippen LogP contribution in [0.2, 0.25) is 0 Å². The van der Waals surface area contributed by atoms with Gasteiger partial charge in [-0.15, -0.1) is 0 Å². The zero-order valence-electron chi connectivity index (χ0n) is 20.9. The van der Waals surface area contributed by atoms with E-state index in [4.69, 9.17) is 9.72 Å². The molecule has 1 N–H and O–H groups in total. The number of anilines is 1. The molecule has 1 amide bonds. The highest BCUT2D eigenvalue weighted by Crippen LogP contribution is 2.37. The first-order chi connectivity index (χ1) is 17.5. The monoisotopic (exact) mass is 490 g/mol. The summed E-state index contributed by atoms with van der Waals surface area (Å²) < 4.78 is 6.27. The quantitative estimate of drug-likeness (QED) is 0.661. The minimum atomic E-state index is -0.895. The maximum absolute atomic E-state index is 11.4. The van der Waals surface area contributed by atoms with Gasteiger partial charge >= 0.3 is 6.09 Å². The fourth-order valence-electron chi connectivity index (χ4n) is 5.61. The van der Waals surface area contributed by atoms with Crippen LogP contribution < -0.4 is 9.64 Å². The highest BCUT2D eigenvalue weighted by atomic mass is 16.5. The molecular formula is C27H34N6O3. The summed E-state index contributed by atoms with van der Waals surface area (Å²) in [6.45, 7) is 5.92. The predicted molar refractivity (Wildman–Crippen MR) is 136 cm³/mol. The van der Waals surface area contributed by atoms with Gasteiger partial charge in [-0.2, -0.15) is 5.26 Å². The lowest BCUT2D eigenvalue weighted by molar-refractivity contribution is 0.142. The minimum absolute atomic E-state index is 0.325. The van der Waals surface area contributed by atoms with Crippen LogP contribution in [0.15, 0.2) is 30.3 Å². The Balaban J connectivity index is 1.45. The SMILES string of the molecule is CN1CCCC1COc1nc2c(c(N3CCN(C(=O)O)CC3)c1C#N)CCN(Cc1ccccc1)C2. The molecule has 2 aromatic rings. The van der Waals surface area contributed by atoms with E-state index in [1.807, 2.05) is 6.07 Å². The van der Waals surface area contributed by atoms with E-state index in [1.54, 1.807) is 0 Å². The van der Waals surface area contributed by atoms with Gasteiger partial charge in [0.15, 0.2) is 0 Å². The van der Waals surface area contributed by atoms with Crippen molar-refractivity contribution in [3.05, 3.63) is 52.7 Å². The number of carbonyl (C=O) groups is 1. The molecule has 5 rings (SSSR count). The molecule has 9 heteroatoms. The number of likely N-dealkylation sites (N-methyl/N-ethyl adjacent to an activating group) is 1. The zero-order valence-corrected chi connectivity index (χ0v) is 20.9. The van der Waals surface area contributed by atoms with Crippen LogP contribution in [0.1, 0.15) is 35.2 Å². The molecule has 4 heterocycles. The number of rotatable bonds is 6. The molecule has 0 radical (unpaired) electrons. The molecular weight excluding hydrogens is 456 g/mol. The van der Waals surface area contributed by atoms with E-state index >= 15 is 0 Å². The number of piperazine rings is 1. The second-order valence-corrected chi connectivity index (χ2v) is 9.97. The van der Waals surface area contributed by atoms with Crippen LogP contribution in [0.3, 0.4) is 0 Å². The number of hydrogen-bond acceptors (Lipinski definition) is 7. The Morgan fingerprint density at radius 2 is 1.94 bits per heavy atom. The van der Waals surface area contributed by atoms with Crippen molar-refractivity contribution in [2.24, 2.45) is 0 Å². The number of nitrogens with zero attached hydrogens (tertiary/aromatic N) is 6. The van der Waals surface area contributed by atoms with E-state index in [-0.39, 0.29) is 0 Å². The smallest absolute Gasteiger partial charge is 0.407 e. The van der Waals surface area contributed by atoms with E-state index in [1.165, 1.54) is 10.5 Å². The summed E-state index contributed by atoms with van der Waals surface area (Å²) in [7, 11) is 2.11. The Morgan fingerprint density at radius 1 is 1.17 bits per heavy atom. The summed E-state index contributed by atoms with van der Waals surface area (Å²) in [5.41, 5.74) is 4.70. The number of hydrogen-bond donors (Lipinski definition) is 1. The Labute approximate surface area is 212 Å². The molecule has 9 nitrogen and oxygen atoms in total. The molecule has 0 bridgehead atoms. The van der Waals surface area contributed by atoms with Gasteiger partial charge in [-0.3, -0.25) is 4.90 Å². The highest BCUT2D eigenvalue weighted by Gasteiger charge is 2.32. The third-order valence-corrected chi connectivity index (χ3v) is 7.68. The van der Waals surface area contributed by atoms with E-state index in [9.17, 15) is 15.2 Å². The van der Waals surface area contributed by atoms with Crippen molar-refractivity contribution in [2.75, 3.05) is 57.8 Å². The topological polar surface area (TPSA) is 96.2 Å². The van der Waals surface area contributed by atoms with Gasteiger partial charge in [0.25, 0.3) is 0 Å². The van der Waals surface area contributed by atoms with Crippen LogP contribution in [-0.4, -0.2) is 89.8 Å². The standard InChI is InChI=1S/C27H34N6O3/c1-30-10-5-8-21(30)19-36-26-23(16-28)25(32-12-14-33(15-13-32)27(34)35)22-9-11-31(18-24(22)29-26)17-20-6-3-2-4-7-20/h2-4,6-7,21H,5,8-15,17-19H2,1H3,(H,34,35). The summed E-state index contributed by atoms with van der Waals surface area (Å²) in [6, 6.07) is 13.2. The van der Waals surface area contributed by atoms with E-state index in [0.717, 1.165) is 55.8 Å². The number of carboxylic acid groups (broad SMARTS) is 1. The van der Waals surface area contributed by atoms with Crippen molar-refractivity contribution in [3.8, 4) is 11.9 Å². The minimum Gasteiger partial charge on any atom is -0.475 e. The van der Waals surface area contributed by atoms with Crippen molar-refractivity contribution in [1.82, 2.24) is 19.7 Å². The van der Waals surface area contributed by atoms with E-state index in [2.05, 4.69) is 52.1 Å². The average molecular weight is 491 g/mol. The number of fused-ring (bicyclic) bond motifs is 1. The van der Waals surface area contributed by atoms with Crippen LogP contribution >= 0.6 is 0 Å². The normalized spacial score (nSPS) is 20.7. The molecule has 1 atom stereocenters. The lowest BCUT2D eigenvalue weighted by Gasteiger charge is -2.38. The fourth-order valence-corrected chi connectivity index (χ4v) is 5.61. The number of pyridine rings is 1. The van der Waals surface area contributed by atoms with Crippen LogP contribution in [0.4, 0.5) is 10.5 Å². The van der Waals surface area contributed by atoms with Gasteiger partial charge in [-0.05, 0) is 38.4 Å². The molecule has 0 aliphatic carbocycles. The summed E-state index contributed by atoms with van der Waals surface area (Å²) in [6.07, 6.45) is 2.14. The van der Waals surface area contributed by atoms with Crippen molar-refractivity contribution in [3.63, 3.8) is 0 Å². The van der Waals surface area contributed by atoms with Crippen molar-refractivity contribution >= 4 is 11.8 Å². The molecule has 2 fully saturated rings. The Kier molecular flexibility index (Phi) is 7.25. The van der Waals surface area contributed by atoms with Crippen LogP contribution in [0.5, 0.6) is 5.88 Å². The molecule has 1 aromatic carbocycles. The van der Waals surface area contributed by atoms with Gasteiger partial charge in [0.1, 0.15) is 18.2 Å². The van der Waals surface area contributed by atoms with Gasteiger partial charge in [-0.1, -0.05) is 30.3 Å². The third kappa shape index (κ3) is 5.11. The second-order valence-electron chi connectivity index (χ2n) is 9.97. The first-order valence-electron chi connectivity index (χ1n) is 12.8. The van der Waals surface area contributed by atoms with Crippen LogP contribution in [-0.2, 0) is 19.5 Å². The number of nitriles is 1. The summed E-state index contributed by atoms with van der Waals surface area (Å²) in [5.74, 6) is 0.411. The molecule has 3 aliphatic heterocycles. The number of amides is 1. The molecule has 36 heavy (non-hydrogen) atoms. The number of ether oxygens (including phenoxy) is 1. The summed E-state index contributed by atoms with van der Waals surface area (Å²) >= 11 is 0. The maximum atomic E-state index is 11.4. The number of likely N-dealkylation sites (tertiary alicyclic amines) is 1. The number of aromatic nitrogens is 1. The third-order valence-electron chi connectivity index (χ3n) is 7.68.